The van der Waals surface area contributed by atoms with Crippen molar-refractivity contribution in [1.29, 1.82) is 0 Å². The van der Waals surface area contributed by atoms with Gasteiger partial charge in [0.05, 0.1) is 18.8 Å². The van der Waals surface area contributed by atoms with Gasteiger partial charge in [0, 0.05) is 41.1 Å². The third-order valence-corrected chi connectivity index (χ3v) is 4.38. The van der Waals surface area contributed by atoms with Gasteiger partial charge in [-0.3, -0.25) is 9.69 Å². The van der Waals surface area contributed by atoms with Crippen LogP contribution in [-0.4, -0.2) is 60.0 Å². The van der Waals surface area contributed by atoms with Gasteiger partial charge in [0.15, 0.2) is 0 Å². The van der Waals surface area contributed by atoms with Gasteiger partial charge in [-0.05, 0) is 34.1 Å². The molecule has 0 saturated carbocycles. The zero-order valence-corrected chi connectivity index (χ0v) is 15.3. The molecule has 1 aliphatic rings. The van der Waals surface area contributed by atoms with Gasteiger partial charge in [-0.2, -0.15) is 0 Å². The van der Waals surface area contributed by atoms with E-state index in [1.807, 2.05) is 6.07 Å². The van der Waals surface area contributed by atoms with Crippen LogP contribution >= 0.6 is 15.9 Å². The fourth-order valence-electron chi connectivity index (χ4n) is 2.60. The Kier molecular flexibility index (Phi) is 5.95. The van der Waals surface area contributed by atoms with Gasteiger partial charge in [-0.15, -0.1) is 0 Å². The fourth-order valence-corrected chi connectivity index (χ4v) is 2.93. The Morgan fingerprint density at radius 1 is 1.40 bits per heavy atom. The maximum atomic E-state index is 12.6. The number of carbonyl (C=O) groups excluding carboxylic acids is 1. The minimum absolute atomic E-state index is 0. The van der Waals surface area contributed by atoms with Crippen molar-refractivity contribution in [2.75, 3.05) is 50.4 Å². The summed E-state index contributed by atoms with van der Waals surface area (Å²) >= 11 is 3.31. The first-order chi connectivity index (χ1) is 12.1. The lowest BCUT2D eigenvalue weighted by Crippen LogP contribution is -2.39. The van der Waals surface area contributed by atoms with E-state index in [4.69, 9.17) is 10.5 Å². The van der Waals surface area contributed by atoms with Crippen molar-refractivity contribution in [3.63, 3.8) is 0 Å². The molecule has 3 heterocycles. The molecule has 8 heteroatoms. The number of nitrogens with two attached hydrogens (primary N) is 1. The quantitative estimate of drug-likeness (QED) is 0.705. The highest BCUT2D eigenvalue weighted by molar-refractivity contribution is 9.10. The number of aromatic nitrogens is 2. The van der Waals surface area contributed by atoms with Crippen LogP contribution in [0.25, 0.3) is 0 Å². The topological polar surface area (TPSA) is 93.4 Å². The van der Waals surface area contributed by atoms with Crippen LogP contribution in [0.4, 0.5) is 11.6 Å². The summed E-state index contributed by atoms with van der Waals surface area (Å²) in [6, 6.07) is 6.98. The Bertz CT molecular complexity index is 763. The van der Waals surface area contributed by atoms with E-state index < -0.39 is 0 Å². The Morgan fingerprint density at radius 3 is 3.00 bits per heavy atom. The zero-order chi connectivity index (χ0) is 17.6. The predicted molar refractivity (Wildman–Crippen MR) is 106 cm³/mol. The number of rotatable bonds is 6. The molecule has 0 amide bonds. The van der Waals surface area contributed by atoms with Gasteiger partial charge in [0.25, 0.3) is 0 Å². The Balaban J connectivity index is 0.00000243. The summed E-state index contributed by atoms with van der Waals surface area (Å²) < 4.78 is 6.03. The summed E-state index contributed by atoms with van der Waals surface area (Å²) in [6.07, 6.45) is 1.56. The van der Waals surface area contributed by atoms with Crippen molar-refractivity contribution in [3.8, 4) is 0 Å². The van der Waals surface area contributed by atoms with Crippen molar-refractivity contribution < 1.29 is 13.8 Å². The predicted octanol–water partition coefficient (Wildman–Crippen LogP) is 2.53. The molecule has 1 aliphatic heterocycles. The molecule has 0 unspecified atom stereocenters. The molecule has 0 spiro atoms. The van der Waals surface area contributed by atoms with E-state index in [2.05, 4.69) is 36.1 Å². The molecule has 0 radical (unpaired) electrons. The van der Waals surface area contributed by atoms with Crippen LogP contribution in [0.1, 0.15) is 20.3 Å². The van der Waals surface area contributed by atoms with Gasteiger partial charge in [-0.25, -0.2) is 9.97 Å². The maximum absolute atomic E-state index is 12.6. The molecule has 0 atom stereocenters. The number of pyridine rings is 2. The van der Waals surface area contributed by atoms with E-state index in [0.29, 0.717) is 21.5 Å². The molecule has 3 rings (SSSR count). The third kappa shape index (κ3) is 4.75. The standard InChI is InChI=1S/C17H20BrN5O2.3H2/c18-12-10-13(17(19)21-11-12)16(24)14-2-1-3-15(22-14)20-4-5-23-6-8-25-9-7-23;;;/h1-3,10-11H,4-9H2,(H2,19,21)(H,20,22);3*1H. The van der Waals surface area contributed by atoms with E-state index in [1.165, 1.54) is 0 Å². The zero-order valence-electron chi connectivity index (χ0n) is 13.7. The van der Waals surface area contributed by atoms with Crippen LogP contribution in [0.3, 0.4) is 0 Å². The van der Waals surface area contributed by atoms with Crippen molar-refractivity contribution in [1.82, 2.24) is 14.9 Å². The van der Waals surface area contributed by atoms with Gasteiger partial charge >= 0.3 is 0 Å². The number of morpholine rings is 1. The van der Waals surface area contributed by atoms with E-state index in [-0.39, 0.29) is 15.9 Å². The number of anilines is 2. The average molecular weight is 412 g/mol. The lowest BCUT2D eigenvalue weighted by molar-refractivity contribution is 0.0398. The lowest BCUT2D eigenvalue weighted by Gasteiger charge is -2.26. The largest absolute Gasteiger partial charge is 0.383 e. The summed E-state index contributed by atoms with van der Waals surface area (Å²) in [5, 5.41) is 3.26. The molecule has 0 bridgehead atoms. The molecule has 138 valence electrons. The normalized spacial score (nSPS) is 15.1. The molecule has 25 heavy (non-hydrogen) atoms. The molecule has 2 aromatic rings. The highest BCUT2D eigenvalue weighted by Gasteiger charge is 2.16. The summed E-state index contributed by atoms with van der Waals surface area (Å²) in [4.78, 5) is 23.4. The third-order valence-electron chi connectivity index (χ3n) is 3.95. The van der Waals surface area contributed by atoms with Gasteiger partial charge in [0.2, 0.25) is 5.78 Å². The molecule has 3 N–H and O–H groups in total. The second-order valence-electron chi connectivity index (χ2n) is 5.70. The minimum atomic E-state index is -0.247. The van der Waals surface area contributed by atoms with Crippen LogP contribution < -0.4 is 11.1 Å². The Labute approximate surface area is 159 Å². The van der Waals surface area contributed by atoms with Crippen LogP contribution in [0, 0.1) is 0 Å². The summed E-state index contributed by atoms with van der Waals surface area (Å²) in [6.45, 7) is 5.12. The number of ketones is 1. The SMILES string of the molecule is Nc1ncc(Br)cc1C(=O)c1cccc(NCCN2CCOCC2)n1.[HH].[HH].[HH]. The minimum Gasteiger partial charge on any atom is -0.383 e. The molecule has 1 fully saturated rings. The molecule has 0 aromatic carbocycles. The number of ether oxygens (including phenoxy) is 1. The summed E-state index contributed by atoms with van der Waals surface area (Å²) in [5.41, 5.74) is 6.49. The molecule has 1 saturated heterocycles. The van der Waals surface area contributed by atoms with Gasteiger partial charge in [-0.1, -0.05) is 6.07 Å². The second kappa shape index (κ2) is 8.37. The number of nitrogens with zero attached hydrogens (tertiary/aromatic N) is 3. The highest BCUT2D eigenvalue weighted by atomic mass is 79.9. The molecule has 0 aliphatic carbocycles. The van der Waals surface area contributed by atoms with E-state index in [9.17, 15) is 4.79 Å². The number of hydrogen-bond donors (Lipinski definition) is 2. The Hall–Kier alpha value is -2.03. The van der Waals surface area contributed by atoms with Gasteiger partial charge < -0.3 is 15.8 Å². The molecular weight excluding hydrogens is 386 g/mol. The average Bonchev–Trinajstić information content (AvgIpc) is 2.64. The lowest BCUT2D eigenvalue weighted by atomic mass is 10.1. The maximum Gasteiger partial charge on any atom is 0.215 e. The number of hydrogen-bond acceptors (Lipinski definition) is 7. The van der Waals surface area contributed by atoms with Crippen molar-refractivity contribution >= 4 is 33.3 Å². The first kappa shape index (κ1) is 17.8. The molecule has 7 nitrogen and oxygen atoms in total. The van der Waals surface area contributed by atoms with Crippen molar-refractivity contribution in [2.24, 2.45) is 0 Å². The van der Waals surface area contributed by atoms with Crippen molar-refractivity contribution in [3.05, 3.63) is 46.2 Å². The fraction of sp³-hybridized carbons (Fsp3) is 0.353. The Morgan fingerprint density at radius 2 is 2.20 bits per heavy atom. The monoisotopic (exact) mass is 411 g/mol. The van der Waals surface area contributed by atoms with E-state index in [1.54, 1.807) is 24.4 Å². The summed E-state index contributed by atoms with van der Waals surface area (Å²) in [5.74, 6) is 0.615. The number of carbonyl (C=O) groups is 1. The van der Waals surface area contributed by atoms with Crippen LogP contribution in [-0.2, 0) is 4.74 Å². The van der Waals surface area contributed by atoms with Crippen LogP contribution in [0.2, 0.25) is 0 Å². The first-order valence-electron chi connectivity index (χ1n) is 8.10. The van der Waals surface area contributed by atoms with E-state index >= 15 is 0 Å². The second-order valence-corrected chi connectivity index (χ2v) is 6.62. The highest BCUT2D eigenvalue weighted by Crippen LogP contribution is 2.19. The van der Waals surface area contributed by atoms with Crippen molar-refractivity contribution in [2.45, 2.75) is 0 Å². The number of halogens is 1. The molecular formula is C17H26BrN5O2. The first-order valence-corrected chi connectivity index (χ1v) is 8.89. The van der Waals surface area contributed by atoms with E-state index in [0.717, 1.165) is 39.4 Å². The number of nitrogen functional groups attached to an aromatic ring is 1. The van der Waals surface area contributed by atoms with Gasteiger partial charge in [0.1, 0.15) is 17.3 Å². The summed E-state index contributed by atoms with van der Waals surface area (Å²) in [7, 11) is 0. The molecule has 2 aromatic heterocycles. The van der Waals surface area contributed by atoms with Crippen LogP contribution in [0.5, 0.6) is 0 Å². The smallest absolute Gasteiger partial charge is 0.215 e. The van der Waals surface area contributed by atoms with Crippen LogP contribution in [0.15, 0.2) is 34.9 Å². The number of nitrogens with one attached hydrogen (secondary N) is 1.